The first-order valence-corrected chi connectivity index (χ1v) is 12.5. The molecule has 0 saturated carbocycles. The first kappa shape index (κ1) is 22.2. The zero-order chi connectivity index (χ0) is 25.5. The van der Waals surface area contributed by atoms with Crippen LogP contribution in [0.2, 0.25) is 0 Å². The third-order valence-corrected chi connectivity index (χ3v) is 6.76. The van der Waals surface area contributed by atoms with E-state index in [0.29, 0.717) is 17.5 Å². The van der Waals surface area contributed by atoms with Crippen LogP contribution in [0.25, 0.3) is 61.7 Å². The maximum atomic E-state index is 6.16. The molecule has 0 aliphatic rings. The minimum atomic E-state index is 0.629. The molecule has 0 amide bonds. The molecule has 0 atom stereocenters. The van der Waals surface area contributed by atoms with Gasteiger partial charge in [-0.15, -0.1) is 0 Å². The van der Waals surface area contributed by atoms with Crippen molar-refractivity contribution in [3.05, 3.63) is 127 Å². The predicted octanol–water partition coefficient (Wildman–Crippen LogP) is 6.76. The number of nitrogens with zero attached hydrogens (tertiary/aromatic N) is 4. The summed E-state index contributed by atoms with van der Waals surface area (Å²) in [6.45, 7) is 0. The van der Waals surface area contributed by atoms with Gasteiger partial charge in [0.05, 0.1) is 11.0 Å². The molecule has 2 aromatic heterocycles. The van der Waals surface area contributed by atoms with Crippen LogP contribution in [0, 0.1) is 0 Å². The molecule has 5 heteroatoms. The molecule has 38 heavy (non-hydrogen) atoms. The summed E-state index contributed by atoms with van der Waals surface area (Å²) in [5.74, 6) is 1.92. The first-order valence-electron chi connectivity index (χ1n) is 12.5. The summed E-state index contributed by atoms with van der Waals surface area (Å²) in [6.07, 6.45) is 0. The summed E-state index contributed by atoms with van der Waals surface area (Å²) in [5, 5.41) is 2.29. The van der Waals surface area contributed by atoms with Crippen molar-refractivity contribution in [1.29, 1.82) is 0 Å². The van der Waals surface area contributed by atoms with Gasteiger partial charge in [0.25, 0.3) is 0 Å². The minimum Gasteiger partial charge on any atom is -0.309 e. The third-order valence-electron chi connectivity index (χ3n) is 6.76. The van der Waals surface area contributed by atoms with Crippen molar-refractivity contribution in [2.75, 3.05) is 0 Å². The van der Waals surface area contributed by atoms with Crippen molar-refractivity contribution in [3.63, 3.8) is 0 Å². The van der Waals surface area contributed by atoms with Crippen molar-refractivity contribution in [3.8, 4) is 39.9 Å². The minimum absolute atomic E-state index is 0.629. The molecule has 0 aliphatic heterocycles. The van der Waals surface area contributed by atoms with Crippen molar-refractivity contribution in [2.45, 2.75) is 0 Å². The summed E-state index contributed by atoms with van der Waals surface area (Å²) in [4.78, 5) is 14.6. The molecular formula is C33H21BN4. The van der Waals surface area contributed by atoms with E-state index in [4.69, 9.17) is 22.8 Å². The first-order chi connectivity index (χ1) is 18.7. The summed E-state index contributed by atoms with van der Waals surface area (Å²) in [7, 11) is 6.16. The molecule has 5 aromatic carbocycles. The Balaban J connectivity index is 1.44. The fourth-order valence-electron chi connectivity index (χ4n) is 4.99. The monoisotopic (exact) mass is 484 g/mol. The van der Waals surface area contributed by atoms with Gasteiger partial charge >= 0.3 is 0 Å². The molecular weight excluding hydrogens is 463 g/mol. The van der Waals surface area contributed by atoms with Gasteiger partial charge < -0.3 is 4.57 Å². The van der Waals surface area contributed by atoms with Gasteiger partial charge in [-0.3, -0.25) is 0 Å². The highest BCUT2D eigenvalue weighted by molar-refractivity contribution is 6.33. The molecule has 0 unspecified atom stereocenters. The lowest BCUT2D eigenvalue weighted by Gasteiger charge is -2.11. The molecule has 0 fully saturated rings. The van der Waals surface area contributed by atoms with E-state index in [-0.39, 0.29) is 0 Å². The van der Waals surface area contributed by atoms with Gasteiger partial charge in [0.15, 0.2) is 17.5 Å². The third kappa shape index (κ3) is 3.85. The van der Waals surface area contributed by atoms with Gasteiger partial charge in [-0.1, -0.05) is 109 Å². The Kier molecular flexibility index (Phi) is 5.33. The number of rotatable bonds is 4. The number of fused-ring (bicyclic) bond motifs is 3. The molecule has 0 bridgehead atoms. The highest BCUT2D eigenvalue weighted by atomic mass is 15.0. The maximum Gasteiger partial charge on any atom is 0.164 e. The van der Waals surface area contributed by atoms with Crippen molar-refractivity contribution in [2.24, 2.45) is 0 Å². The fraction of sp³-hybridized carbons (Fsp3) is 0. The van der Waals surface area contributed by atoms with Gasteiger partial charge in [-0.05, 0) is 24.3 Å². The molecule has 2 radical (unpaired) electrons. The summed E-state index contributed by atoms with van der Waals surface area (Å²) >= 11 is 0. The highest BCUT2D eigenvalue weighted by Crippen LogP contribution is 2.33. The molecule has 2 heterocycles. The van der Waals surface area contributed by atoms with Crippen molar-refractivity contribution < 1.29 is 0 Å². The number of hydrogen-bond acceptors (Lipinski definition) is 3. The topological polar surface area (TPSA) is 43.6 Å². The van der Waals surface area contributed by atoms with Crippen LogP contribution in [-0.2, 0) is 0 Å². The molecule has 0 saturated heterocycles. The average molecular weight is 484 g/mol. The van der Waals surface area contributed by atoms with E-state index in [0.717, 1.165) is 49.6 Å². The van der Waals surface area contributed by atoms with Crippen molar-refractivity contribution in [1.82, 2.24) is 19.5 Å². The molecule has 0 spiro atoms. The molecule has 7 aromatic rings. The second-order valence-corrected chi connectivity index (χ2v) is 9.22. The van der Waals surface area contributed by atoms with E-state index in [9.17, 15) is 0 Å². The van der Waals surface area contributed by atoms with E-state index in [2.05, 4.69) is 53.1 Å². The Morgan fingerprint density at radius 1 is 0.447 bits per heavy atom. The van der Waals surface area contributed by atoms with Crippen LogP contribution in [0.4, 0.5) is 0 Å². The largest absolute Gasteiger partial charge is 0.309 e. The smallest absolute Gasteiger partial charge is 0.164 e. The Morgan fingerprint density at radius 3 is 1.68 bits per heavy atom. The Labute approximate surface area is 221 Å². The lowest BCUT2D eigenvalue weighted by Crippen LogP contribution is -2.02. The number of hydrogen-bond donors (Lipinski definition) is 0. The van der Waals surface area contributed by atoms with Gasteiger partial charge in [-0.2, -0.15) is 0 Å². The number of para-hydroxylation sites is 1. The van der Waals surface area contributed by atoms with Gasteiger partial charge in [0.2, 0.25) is 0 Å². The van der Waals surface area contributed by atoms with E-state index in [1.165, 1.54) is 0 Å². The van der Waals surface area contributed by atoms with Crippen LogP contribution >= 0.6 is 0 Å². The maximum absolute atomic E-state index is 6.16. The Hall–Kier alpha value is -5.03. The molecule has 0 N–H and O–H groups in total. The van der Waals surface area contributed by atoms with E-state index >= 15 is 0 Å². The standard InChI is InChI=1S/C33H21BN4/c34-25-18-19-30-28(21-25)27-16-7-8-17-29(27)38(30)26-15-9-14-24(20-26)33-36-31(22-10-3-1-4-11-22)35-32(37-33)23-12-5-2-6-13-23/h1-21H. The van der Waals surface area contributed by atoms with Crippen LogP contribution in [0.3, 0.4) is 0 Å². The van der Waals surface area contributed by atoms with Crippen LogP contribution in [0.5, 0.6) is 0 Å². The van der Waals surface area contributed by atoms with Crippen molar-refractivity contribution >= 4 is 35.1 Å². The summed E-state index contributed by atoms with van der Waals surface area (Å²) < 4.78 is 2.27. The number of aromatic nitrogens is 4. The highest BCUT2D eigenvalue weighted by Gasteiger charge is 2.15. The van der Waals surface area contributed by atoms with Gasteiger partial charge in [-0.25, -0.2) is 15.0 Å². The molecule has 0 aliphatic carbocycles. The molecule has 176 valence electrons. The SMILES string of the molecule is [B]c1ccc2c(c1)c1ccccc1n2-c1cccc(-c2nc(-c3ccccc3)nc(-c3ccccc3)n2)c1. The Morgan fingerprint density at radius 2 is 1.00 bits per heavy atom. The molecule has 4 nitrogen and oxygen atoms in total. The predicted molar refractivity (Wildman–Crippen MR) is 156 cm³/mol. The van der Waals surface area contributed by atoms with E-state index in [1.807, 2.05) is 78.9 Å². The summed E-state index contributed by atoms with van der Waals surface area (Å²) in [6, 6.07) is 42.9. The van der Waals surface area contributed by atoms with E-state index < -0.39 is 0 Å². The van der Waals surface area contributed by atoms with E-state index in [1.54, 1.807) is 0 Å². The fourth-order valence-corrected chi connectivity index (χ4v) is 4.99. The van der Waals surface area contributed by atoms with Crippen LogP contribution in [0.1, 0.15) is 0 Å². The molecule has 7 rings (SSSR count). The Bertz CT molecular complexity index is 1870. The zero-order valence-electron chi connectivity index (χ0n) is 20.5. The lowest BCUT2D eigenvalue weighted by atomic mass is 9.94. The van der Waals surface area contributed by atoms with Crippen LogP contribution in [-0.4, -0.2) is 27.4 Å². The second-order valence-electron chi connectivity index (χ2n) is 9.22. The summed E-state index contributed by atoms with van der Waals surface area (Å²) in [5.41, 5.74) is 6.82. The normalized spacial score (nSPS) is 11.3. The zero-order valence-corrected chi connectivity index (χ0v) is 20.5. The average Bonchev–Trinajstić information content (AvgIpc) is 3.31. The van der Waals surface area contributed by atoms with Crippen LogP contribution < -0.4 is 5.46 Å². The number of benzene rings is 5. The van der Waals surface area contributed by atoms with Gasteiger partial charge in [0, 0.05) is 33.2 Å². The lowest BCUT2D eigenvalue weighted by molar-refractivity contribution is 1.07. The quantitative estimate of drug-likeness (QED) is 0.259. The van der Waals surface area contributed by atoms with Gasteiger partial charge in [0.1, 0.15) is 7.85 Å². The van der Waals surface area contributed by atoms with Crippen LogP contribution in [0.15, 0.2) is 127 Å². The second kappa shape index (κ2) is 9.13.